The molecule has 0 bridgehead atoms. The molecule has 1 atom stereocenters. The lowest BCUT2D eigenvalue weighted by atomic mass is 10.1. The number of anilines is 1. The normalized spacial score (nSPS) is 11.9. The van der Waals surface area contributed by atoms with E-state index in [1.165, 1.54) is 6.07 Å². The first-order chi connectivity index (χ1) is 8.43. The first-order valence-electron chi connectivity index (χ1n) is 5.44. The summed E-state index contributed by atoms with van der Waals surface area (Å²) in [5, 5.41) is 3.09. The van der Waals surface area contributed by atoms with Gasteiger partial charge in [0.25, 0.3) is 0 Å². The molecule has 0 aromatic heterocycles. The van der Waals surface area contributed by atoms with Crippen LogP contribution in [0.5, 0.6) is 0 Å². The Morgan fingerprint density at radius 1 is 1.22 bits per heavy atom. The third-order valence-corrected chi connectivity index (χ3v) is 2.33. The van der Waals surface area contributed by atoms with E-state index >= 15 is 0 Å². The minimum atomic E-state index is -0.611. The van der Waals surface area contributed by atoms with Crippen molar-refractivity contribution >= 4 is 17.5 Å². The molecule has 0 aliphatic carbocycles. The van der Waals surface area contributed by atoms with Crippen molar-refractivity contribution in [1.82, 2.24) is 0 Å². The van der Waals surface area contributed by atoms with E-state index in [1.807, 2.05) is 6.92 Å². The van der Waals surface area contributed by atoms with E-state index in [-0.39, 0.29) is 17.2 Å². The monoisotopic (exact) mass is 251 g/mol. The summed E-state index contributed by atoms with van der Waals surface area (Å²) in [6, 6.07) is 4.54. The molecular formula is C12H17N3O3. The number of amides is 2. The number of carbonyl (C=O) groups excluding carboxylic acids is 2. The van der Waals surface area contributed by atoms with Gasteiger partial charge < -0.3 is 21.5 Å². The number of nitrogens with two attached hydrogens (primary N) is 2. The maximum Gasteiger partial charge on any atom is 0.248 e. The molecule has 1 aromatic rings. The van der Waals surface area contributed by atoms with Crippen LogP contribution in [-0.2, 0) is 4.74 Å². The Hall–Kier alpha value is -2.08. The number of rotatable bonds is 6. The van der Waals surface area contributed by atoms with Gasteiger partial charge in [-0.1, -0.05) is 0 Å². The number of ether oxygens (including phenoxy) is 1. The minimum absolute atomic E-state index is 0.0267. The van der Waals surface area contributed by atoms with Gasteiger partial charge in [0, 0.05) is 30.0 Å². The topological polar surface area (TPSA) is 107 Å². The molecule has 1 unspecified atom stereocenters. The summed E-state index contributed by atoms with van der Waals surface area (Å²) in [6.45, 7) is 2.40. The fourth-order valence-electron chi connectivity index (χ4n) is 1.57. The fourth-order valence-corrected chi connectivity index (χ4v) is 1.57. The second-order valence-electron chi connectivity index (χ2n) is 4.03. The zero-order valence-electron chi connectivity index (χ0n) is 10.4. The lowest BCUT2D eigenvalue weighted by molar-refractivity contribution is 0.0999. The highest BCUT2D eigenvalue weighted by atomic mass is 16.5. The van der Waals surface area contributed by atoms with E-state index in [0.717, 1.165) is 0 Å². The van der Waals surface area contributed by atoms with Crippen LogP contribution in [0.15, 0.2) is 18.2 Å². The van der Waals surface area contributed by atoms with Crippen LogP contribution < -0.4 is 16.8 Å². The molecule has 0 saturated carbocycles. The van der Waals surface area contributed by atoms with Gasteiger partial charge in [-0.2, -0.15) is 0 Å². The van der Waals surface area contributed by atoms with Crippen LogP contribution in [-0.4, -0.2) is 31.6 Å². The number of primary amides is 2. The highest BCUT2D eigenvalue weighted by molar-refractivity contribution is 5.99. The van der Waals surface area contributed by atoms with Gasteiger partial charge in [-0.15, -0.1) is 0 Å². The first kappa shape index (κ1) is 14.0. The van der Waals surface area contributed by atoms with E-state index in [1.54, 1.807) is 19.2 Å². The molecule has 98 valence electrons. The van der Waals surface area contributed by atoms with Crippen molar-refractivity contribution in [2.75, 3.05) is 19.0 Å². The Kier molecular flexibility index (Phi) is 4.67. The standard InChI is InChI=1S/C12H17N3O3/c1-7(6-18-2)15-10-4-8(11(13)16)3-9(5-10)12(14)17/h3-5,7,15H,6H2,1-2H3,(H2,13,16)(H2,14,17). The number of nitrogens with one attached hydrogen (secondary N) is 1. The number of methoxy groups -OCH3 is 1. The third-order valence-electron chi connectivity index (χ3n) is 2.33. The highest BCUT2D eigenvalue weighted by Gasteiger charge is 2.10. The Bertz CT molecular complexity index is 428. The molecule has 18 heavy (non-hydrogen) atoms. The van der Waals surface area contributed by atoms with E-state index in [0.29, 0.717) is 12.3 Å². The lowest BCUT2D eigenvalue weighted by Crippen LogP contribution is -2.22. The molecule has 0 aliphatic rings. The first-order valence-corrected chi connectivity index (χ1v) is 5.44. The largest absolute Gasteiger partial charge is 0.383 e. The number of benzene rings is 1. The van der Waals surface area contributed by atoms with Crippen LogP contribution in [0.25, 0.3) is 0 Å². The maximum atomic E-state index is 11.2. The predicted molar refractivity (Wildman–Crippen MR) is 68.4 cm³/mol. The average Bonchev–Trinajstić information content (AvgIpc) is 2.28. The zero-order valence-corrected chi connectivity index (χ0v) is 10.4. The van der Waals surface area contributed by atoms with Crippen LogP contribution in [0.3, 0.4) is 0 Å². The van der Waals surface area contributed by atoms with E-state index < -0.39 is 11.8 Å². The van der Waals surface area contributed by atoms with Gasteiger partial charge in [-0.3, -0.25) is 9.59 Å². The van der Waals surface area contributed by atoms with Crippen molar-refractivity contribution in [2.45, 2.75) is 13.0 Å². The average molecular weight is 251 g/mol. The minimum Gasteiger partial charge on any atom is -0.383 e. The van der Waals surface area contributed by atoms with Crippen LogP contribution in [0, 0.1) is 0 Å². The zero-order chi connectivity index (χ0) is 13.7. The second kappa shape index (κ2) is 6.02. The molecule has 5 N–H and O–H groups in total. The quantitative estimate of drug-likeness (QED) is 0.677. The van der Waals surface area contributed by atoms with Crippen molar-refractivity contribution in [3.63, 3.8) is 0 Å². The maximum absolute atomic E-state index is 11.2. The van der Waals surface area contributed by atoms with E-state index in [2.05, 4.69) is 5.32 Å². The smallest absolute Gasteiger partial charge is 0.248 e. The predicted octanol–water partition coefficient (Wildman–Crippen LogP) is 0.331. The fraction of sp³-hybridized carbons (Fsp3) is 0.333. The molecule has 1 aromatic carbocycles. The molecular weight excluding hydrogens is 234 g/mol. The van der Waals surface area contributed by atoms with Crippen LogP contribution in [0.1, 0.15) is 27.6 Å². The summed E-state index contributed by atoms with van der Waals surface area (Å²) in [7, 11) is 1.59. The second-order valence-corrected chi connectivity index (χ2v) is 4.03. The van der Waals surface area contributed by atoms with Gasteiger partial charge in [-0.05, 0) is 25.1 Å². The Morgan fingerprint density at radius 3 is 2.11 bits per heavy atom. The van der Waals surface area contributed by atoms with Crippen molar-refractivity contribution in [3.05, 3.63) is 29.3 Å². The van der Waals surface area contributed by atoms with Gasteiger partial charge in [0.05, 0.1) is 6.61 Å². The van der Waals surface area contributed by atoms with Crippen molar-refractivity contribution in [3.8, 4) is 0 Å². The van der Waals surface area contributed by atoms with Gasteiger partial charge in [0.15, 0.2) is 0 Å². The molecule has 0 saturated heterocycles. The highest BCUT2D eigenvalue weighted by Crippen LogP contribution is 2.15. The molecule has 0 heterocycles. The molecule has 6 heteroatoms. The number of hydrogen-bond donors (Lipinski definition) is 3. The Labute approximate surface area is 105 Å². The summed E-state index contributed by atoms with van der Waals surface area (Å²) in [4.78, 5) is 22.3. The van der Waals surface area contributed by atoms with Gasteiger partial charge in [0.2, 0.25) is 11.8 Å². The number of hydrogen-bond acceptors (Lipinski definition) is 4. The van der Waals surface area contributed by atoms with Gasteiger partial charge in [-0.25, -0.2) is 0 Å². The van der Waals surface area contributed by atoms with Crippen LogP contribution in [0.2, 0.25) is 0 Å². The van der Waals surface area contributed by atoms with Crippen molar-refractivity contribution in [1.29, 1.82) is 0 Å². The van der Waals surface area contributed by atoms with Crippen LogP contribution in [0.4, 0.5) is 5.69 Å². The van der Waals surface area contributed by atoms with Gasteiger partial charge in [0.1, 0.15) is 0 Å². The Morgan fingerprint density at radius 2 is 1.72 bits per heavy atom. The summed E-state index contributed by atoms with van der Waals surface area (Å²) in [5.74, 6) is -1.22. The summed E-state index contributed by atoms with van der Waals surface area (Å²) < 4.78 is 4.99. The lowest BCUT2D eigenvalue weighted by Gasteiger charge is -2.15. The number of carbonyl (C=O) groups is 2. The summed E-state index contributed by atoms with van der Waals surface area (Å²) in [6.07, 6.45) is 0. The summed E-state index contributed by atoms with van der Waals surface area (Å²) in [5.41, 5.74) is 11.5. The molecule has 2 amide bonds. The van der Waals surface area contributed by atoms with Crippen molar-refractivity contribution in [2.24, 2.45) is 11.5 Å². The van der Waals surface area contributed by atoms with Gasteiger partial charge >= 0.3 is 0 Å². The molecule has 0 spiro atoms. The third kappa shape index (κ3) is 3.74. The van der Waals surface area contributed by atoms with Crippen LogP contribution >= 0.6 is 0 Å². The summed E-state index contributed by atoms with van der Waals surface area (Å²) >= 11 is 0. The molecule has 0 fully saturated rings. The molecule has 0 radical (unpaired) electrons. The SMILES string of the molecule is COCC(C)Nc1cc(C(N)=O)cc(C(N)=O)c1. The van der Waals surface area contributed by atoms with E-state index in [9.17, 15) is 9.59 Å². The van der Waals surface area contributed by atoms with E-state index in [4.69, 9.17) is 16.2 Å². The molecule has 0 aliphatic heterocycles. The molecule has 6 nitrogen and oxygen atoms in total. The molecule has 1 rings (SSSR count). The van der Waals surface area contributed by atoms with Crippen molar-refractivity contribution < 1.29 is 14.3 Å². The Balaban J connectivity index is 3.03.